The fourth-order valence-corrected chi connectivity index (χ4v) is 5.08. The monoisotopic (exact) mass is 437 g/mol. The van der Waals surface area contributed by atoms with E-state index in [1.54, 1.807) is 7.11 Å². The molecular formula is C23H27N5O2S. The third-order valence-corrected chi connectivity index (χ3v) is 7.10. The molecule has 1 amide bonds. The summed E-state index contributed by atoms with van der Waals surface area (Å²) in [5.41, 5.74) is 10.4. The molecule has 0 bridgehead atoms. The van der Waals surface area contributed by atoms with Gasteiger partial charge in [0.2, 0.25) is 5.91 Å². The van der Waals surface area contributed by atoms with Crippen LogP contribution in [-0.4, -0.2) is 42.0 Å². The third-order valence-electron chi connectivity index (χ3n) is 6.19. The summed E-state index contributed by atoms with van der Waals surface area (Å²) >= 11 is 1.51. The van der Waals surface area contributed by atoms with E-state index in [2.05, 4.69) is 20.7 Å². The first-order chi connectivity index (χ1) is 15.1. The van der Waals surface area contributed by atoms with E-state index in [0.29, 0.717) is 17.4 Å². The van der Waals surface area contributed by atoms with E-state index < -0.39 is 0 Å². The van der Waals surface area contributed by atoms with Crippen LogP contribution in [0.4, 0.5) is 10.7 Å². The van der Waals surface area contributed by atoms with Crippen LogP contribution in [0, 0.1) is 11.8 Å². The second kappa shape index (κ2) is 8.34. The number of nitrogens with zero attached hydrogens (tertiary/aromatic N) is 3. The predicted octanol–water partition coefficient (Wildman–Crippen LogP) is 3.69. The zero-order valence-electron chi connectivity index (χ0n) is 17.6. The number of hydrogen-bond donors (Lipinski definition) is 2. The Morgan fingerprint density at radius 3 is 2.97 bits per heavy atom. The number of methoxy groups -OCH3 is 1. The van der Waals surface area contributed by atoms with Gasteiger partial charge in [-0.05, 0) is 66.9 Å². The molecule has 1 saturated heterocycles. The van der Waals surface area contributed by atoms with E-state index in [-0.39, 0.29) is 11.8 Å². The van der Waals surface area contributed by atoms with Crippen LogP contribution in [0.5, 0.6) is 5.75 Å². The predicted molar refractivity (Wildman–Crippen MR) is 124 cm³/mol. The number of carbonyl (C=O) groups is 1. The van der Waals surface area contributed by atoms with Gasteiger partial charge < -0.3 is 20.7 Å². The molecule has 2 aromatic heterocycles. The van der Waals surface area contributed by atoms with E-state index in [9.17, 15) is 4.79 Å². The van der Waals surface area contributed by atoms with Crippen LogP contribution in [-0.2, 0) is 4.79 Å². The Bertz CT molecular complexity index is 1110. The van der Waals surface area contributed by atoms with Crippen molar-refractivity contribution in [1.29, 1.82) is 0 Å². The van der Waals surface area contributed by atoms with Crippen LogP contribution in [0.25, 0.3) is 22.2 Å². The van der Waals surface area contributed by atoms with E-state index >= 15 is 0 Å². The second-order valence-corrected chi connectivity index (χ2v) is 9.26. The summed E-state index contributed by atoms with van der Waals surface area (Å²) < 4.78 is 10.0. The zero-order chi connectivity index (χ0) is 21.4. The number of aromatic nitrogens is 2. The van der Waals surface area contributed by atoms with Crippen LogP contribution < -0.4 is 20.7 Å². The van der Waals surface area contributed by atoms with Gasteiger partial charge in [0.25, 0.3) is 0 Å². The average molecular weight is 438 g/mol. The molecule has 162 valence electrons. The largest absolute Gasteiger partial charge is 0.495 e. The Labute approximate surface area is 185 Å². The number of fused-ring (bicyclic) bond motifs is 1. The van der Waals surface area contributed by atoms with Gasteiger partial charge in [0.05, 0.1) is 12.8 Å². The fraction of sp³-hybridized carbons (Fsp3) is 0.435. The highest BCUT2D eigenvalue weighted by Crippen LogP contribution is 2.36. The smallest absolute Gasteiger partial charge is 0.223 e. The summed E-state index contributed by atoms with van der Waals surface area (Å²) in [6.07, 6.45) is 6.25. The number of pyridine rings is 1. The molecule has 1 atom stereocenters. The van der Waals surface area contributed by atoms with Gasteiger partial charge in [0.1, 0.15) is 21.8 Å². The highest BCUT2D eigenvalue weighted by Gasteiger charge is 2.30. The van der Waals surface area contributed by atoms with E-state index in [4.69, 9.17) is 15.5 Å². The maximum atomic E-state index is 12.0. The first-order valence-electron chi connectivity index (χ1n) is 10.8. The molecule has 1 aliphatic heterocycles. The van der Waals surface area contributed by atoms with Gasteiger partial charge in [-0.3, -0.25) is 9.78 Å². The molecule has 1 saturated carbocycles. The molecule has 1 aromatic carbocycles. The number of ether oxygens (including phenoxy) is 1. The average Bonchev–Trinajstić information content (AvgIpc) is 3.57. The molecule has 1 unspecified atom stereocenters. The van der Waals surface area contributed by atoms with Crippen molar-refractivity contribution in [2.45, 2.75) is 25.7 Å². The highest BCUT2D eigenvalue weighted by molar-refractivity contribution is 7.11. The number of carbonyl (C=O) groups excluding carboxylic acids is 1. The van der Waals surface area contributed by atoms with Gasteiger partial charge in [-0.25, -0.2) is 0 Å². The van der Waals surface area contributed by atoms with Gasteiger partial charge in [-0.15, -0.1) is 0 Å². The summed E-state index contributed by atoms with van der Waals surface area (Å²) in [5, 5.41) is 4.26. The second-order valence-electron chi connectivity index (χ2n) is 8.51. The molecular weight excluding hydrogens is 410 g/mol. The van der Waals surface area contributed by atoms with Crippen LogP contribution in [0.1, 0.15) is 25.7 Å². The molecule has 5 rings (SSSR count). The Hall–Kier alpha value is -2.87. The van der Waals surface area contributed by atoms with Crippen molar-refractivity contribution in [1.82, 2.24) is 14.7 Å². The summed E-state index contributed by atoms with van der Waals surface area (Å²) in [6, 6.07) is 7.82. The summed E-state index contributed by atoms with van der Waals surface area (Å²) in [4.78, 5) is 19.1. The Morgan fingerprint density at radius 2 is 2.16 bits per heavy atom. The molecule has 0 radical (unpaired) electrons. The zero-order valence-corrected chi connectivity index (χ0v) is 18.5. The van der Waals surface area contributed by atoms with E-state index in [1.807, 2.05) is 24.4 Å². The lowest BCUT2D eigenvalue weighted by molar-refractivity contribution is -0.122. The topological polar surface area (TPSA) is 93.4 Å². The number of piperidine rings is 1. The lowest BCUT2D eigenvalue weighted by Crippen LogP contribution is -2.41. The Balaban J connectivity index is 1.33. The molecule has 8 heteroatoms. The number of rotatable bonds is 6. The lowest BCUT2D eigenvalue weighted by Gasteiger charge is -2.33. The van der Waals surface area contributed by atoms with Crippen molar-refractivity contribution in [3.05, 3.63) is 30.5 Å². The van der Waals surface area contributed by atoms with Crippen LogP contribution in [0.3, 0.4) is 0 Å². The molecule has 0 spiro atoms. The maximum Gasteiger partial charge on any atom is 0.223 e. The van der Waals surface area contributed by atoms with Crippen molar-refractivity contribution < 1.29 is 9.53 Å². The number of nitrogen functional groups attached to an aromatic ring is 1. The SMILES string of the molecule is COc1cc(-c2cnc3c(N4CCCC(CNC(=O)C5CC5)C4)snc3c2)ccc1N. The van der Waals surface area contributed by atoms with Crippen LogP contribution in [0.15, 0.2) is 30.5 Å². The van der Waals surface area contributed by atoms with E-state index in [1.165, 1.54) is 11.5 Å². The van der Waals surface area contributed by atoms with Crippen molar-refractivity contribution in [2.75, 3.05) is 37.4 Å². The molecule has 1 aliphatic carbocycles. The summed E-state index contributed by atoms with van der Waals surface area (Å²) in [6.45, 7) is 2.70. The lowest BCUT2D eigenvalue weighted by atomic mass is 9.98. The van der Waals surface area contributed by atoms with Crippen molar-refractivity contribution in [2.24, 2.45) is 11.8 Å². The number of anilines is 2. The molecule has 2 aliphatic rings. The number of hydrogen-bond acceptors (Lipinski definition) is 7. The van der Waals surface area contributed by atoms with Gasteiger partial charge in [-0.2, -0.15) is 4.37 Å². The first kappa shape index (κ1) is 20.1. The van der Waals surface area contributed by atoms with Gasteiger partial charge >= 0.3 is 0 Å². The number of nitrogens with one attached hydrogen (secondary N) is 1. The van der Waals surface area contributed by atoms with Crippen molar-refractivity contribution in [3.63, 3.8) is 0 Å². The summed E-state index contributed by atoms with van der Waals surface area (Å²) in [7, 11) is 1.62. The fourth-order valence-electron chi connectivity index (χ4n) is 4.23. The molecule has 7 nitrogen and oxygen atoms in total. The first-order valence-corrected chi connectivity index (χ1v) is 11.6. The minimum Gasteiger partial charge on any atom is -0.495 e. The van der Waals surface area contributed by atoms with Crippen LogP contribution in [0.2, 0.25) is 0 Å². The Morgan fingerprint density at radius 1 is 1.29 bits per heavy atom. The number of benzene rings is 1. The summed E-state index contributed by atoms with van der Waals surface area (Å²) in [5.74, 6) is 1.62. The minimum atomic E-state index is 0.230. The van der Waals surface area contributed by atoms with Gasteiger partial charge in [0.15, 0.2) is 0 Å². The Kier molecular flexibility index (Phi) is 5.40. The maximum absolute atomic E-state index is 12.0. The quantitative estimate of drug-likeness (QED) is 0.571. The minimum absolute atomic E-state index is 0.230. The van der Waals surface area contributed by atoms with Crippen molar-refractivity contribution >= 4 is 39.2 Å². The normalized spacial score (nSPS) is 18.9. The molecule has 3 heterocycles. The molecule has 3 N–H and O–H groups in total. The highest BCUT2D eigenvalue weighted by atomic mass is 32.1. The molecule has 3 aromatic rings. The van der Waals surface area contributed by atoms with E-state index in [0.717, 1.165) is 72.5 Å². The van der Waals surface area contributed by atoms with Crippen molar-refractivity contribution in [3.8, 4) is 16.9 Å². The number of nitrogens with two attached hydrogens (primary N) is 1. The number of amides is 1. The molecule has 2 fully saturated rings. The standard InChI is InChI=1S/C23H27N5O2S/c1-30-20-10-16(6-7-18(20)24)17-9-19-21(25-12-17)23(31-27-19)28-8-2-3-14(13-28)11-26-22(29)15-4-5-15/h6-7,9-10,12,14-15H,2-5,8,11,13,24H2,1H3,(H,26,29). The van der Waals surface area contributed by atoms with Gasteiger partial charge in [0, 0.05) is 37.3 Å². The van der Waals surface area contributed by atoms with Gasteiger partial charge in [-0.1, -0.05) is 6.07 Å². The van der Waals surface area contributed by atoms with Crippen LogP contribution >= 0.6 is 11.5 Å². The third kappa shape index (κ3) is 4.17. The molecule has 31 heavy (non-hydrogen) atoms.